The fourth-order valence-electron chi connectivity index (χ4n) is 3.90. The van der Waals surface area contributed by atoms with Crippen LogP contribution in [0.4, 0.5) is 0 Å². The summed E-state index contributed by atoms with van der Waals surface area (Å²) in [7, 11) is 0. The van der Waals surface area contributed by atoms with Gasteiger partial charge >= 0.3 is 0 Å². The summed E-state index contributed by atoms with van der Waals surface area (Å²) in [6, 6.07) is 28.4. The molecule has 2 aliphatic carbocycles. The first-order valence-electron chi connectivity index (χ1n) is 10.1. The van der Waals surface area contributed by atoms with Crippen molar-refractivity contribution >= 4 is 29.6 Å². The number of carbonyl (C=O) groups excluding carboxylic acids is 1. The highest BCUT2D eigenvalue weighted by atomic mass is 16.1. The molecule has 5 rings (SSSR count). The average Bonchev–Trinajstić information content (AvgIpc) is 3.17. The molecule has 0 saturated heterocycles. The molecular formula is C29H20O. The monoisotopic (exact) mass is 384 g/mol. The standard InChI is InChI=1S/C29H20O/c30-29-26(18-16-22-11-5-2-6-12-22)24(17-15-21-9-3-1-4-10-21)19-27-25-14-8-7-13-23(25)20-28(27)29/h1-20H. The molecule has 3 aromatic carbocycles. The Bertz CT molecular complexity index is 1270. The zero-order valence-corrected chi connectivity index (χ0v) is 16.5. The molecule has 0 fully saturated rings. The van der Waals surface area contributed by atoms with E-state index in [2.05, 4.69) is 36.4 Å². The van der Waals surface area contributed by atoms with Crippen molar-refractivity contribution in [1.29, 1.82) is 0 Å². The third-order valence-corrected chi connectivity index (χ3v) is 5.44. The summed E-state index contributed by atoms with van der Waals surface area (Å²) in [5, 5.41) is 0. The van der Waals surface area contributed by atoms with Crippen molar-refractivity contribution in [3.8, 4) is 0 Å². The lowest BCUT2D eigenvalue weighted by Crippen LogP contribution is -2.11. The van der Waals surface area contributed by atoms with E-state index in [9.17, 15) is 4.79 Å². The molecule has 0 spiro atoms. The van der Waals surface area contributed by atoms with Gasteiger partial charge in [0, 0.05) is 11.1 Å². The molecule has 0 aromatic heterocycles. The normalized spacial score (nSPS) is 15.4. The fraction of sp³-hybridized carbons (Fsp3) is 0. The van der Waals surface area contributed by atoms with Crippen LogP contribution in [0, 0.1) is 0 Å². The third-order valence-electron chi connectivity index (χ3n) is 5.44. The predicted molar refractivity (Wildman–Crippen MR) is 125 cm³/mol. The van der Waals surface area contributed by atoms with Crippen LogP contribution in [0.25, 0.3) is 23.8 Å². The van der Waals surface area contributed by atoms with E-state index in [1.54, 1.807) is 0 Å². The zero-order chi connectivity index (χ0) is 20.3. The van der Waals surface area contributed by atoms with Crippen molar-refractivity contribution in [2.24, 2.45) is 0 Å². The molecule has 0 radical (unpaired) electrons. The lowest BCUT2D eigenvalue weighted by Gasteiger charge is -2.16. The second-order valence-corrected chi connectivity index (χ2v) is 7.39. The number of hydrogen-bond donors (Lipinski definition) is 0. The average molecular weight is 384 g/mol. The molecule has 0 N–H and O–H groups in total. The largest absolute Gasteiger partial charge is 0.289 e. The van der Waals surface area contributed by atoms with E-state index in [1.807, 2.05) is 85.0 Å². The fourth-order valence-corrected chi connectivity index (χ4v) is 3.90. The number of fused-ring (bicyclic) bond motifs is 3. The molecule has 0 aliphatic heterocycles. The maximum absolute atomic E-state index is 13.5. The highest BCUT2D eigenvalue weighted by Gasteiger charge is 2.29. The minimum absolute atomic E-state index is 0.0728. The Kier molecular flexibility index (Phi) is 4.71. The number of benzene rings is 3. The molecule has 0 unspecified atom stereocenters. The lowest BCUT2D eigenvalue weighted by molar-refractivity contribution is -0.111. The molecule has 3 aromatic rings. The Balaban J connectivity index is 1.61. The van der Waals surface area contributed by atoms with E-state index in [4.69, 9.17) is 0 Å². The molecule has 30 heavy (non-hydrogen) atoms. The van der Waals surface area contributed by atoms with Crippen LogP contribution in [-0.2, 0) is 4.79 Å². The summed E-state index contributed by atoms with van der Waals surface area (Å²) in [6.45, 7) is 0. The van der Waals surface area contributed by atoms with Gasteiger partial charge in [-0.25, -0.2) is 0 Å². The van der Waals surface area contributed by atoms with Crippen molar-refractivity contribution in [3.63, 3.8) is 0 Å². The van der Waals surface area contributed by atoms with Crippen molar-refractivity contribution in [2.45, 2.75) is 0 Å². The van der Waals surface area contributed by atoms with Crippen LogP contribution in [0.5, 0.6) is 0 Å². The first kappa shape index (κ1) is 18.1. The summed E-state index contributed by atoms with van der Waals surface area (Å²) < 4.78 is 0. The molecule has 0 amide bonds. The summed E-state index contributed by atoms with van der Waals surface area (Å²) in [5.41, 5.74) is 7.84. The minimum Gasteiger partial charge on any atom is -0.289 e. The highest BCUT2D eigenvalue weighted by Crippen LogP contribution is 2.41. The van der Waals surface area contributed by atoms with Crippen LogP contribution in [0.3, 0.4) is 0 Å². The molecule has 0 saturated carbocycles. The first-order valence-corrected chi connectivity index (χ1v) is 10.1. The van der Waals surface area contributed by atoms with Gasteiger partial charge in [0.05, 0.1) is 0 Å². The lowest BCUT2D eigenvalue weighted by atomic mass is 9.86. The van der Waals surface area contributed by atoms with Crippen LogP contribution >= 0.6 is 0 Å². The van der Waals surface area contributed by atoms with Crippen molar-refractivity contribution in [3.05, 3.63) is 142 Å². The Labute approximate surface area is 176 Å². The summed E-state index contributed by atoms with van der Waals surface area (Å²) in [5.74, 6) is 0.0728. The highest BCUT2D eigenvalue weighted by molar-refractivity contribution is 6.27. The summed E-state index contributed by atoms with van der Waals surface area (Å²) in [6.07, 6.45) is 12.2. The van der Waals surface area contributed by atoms with Gasteiger partial charge in [-0.15, -0.1) is 0 Å². The maximum Gasteiger partial charge on any atom is 0.194 e. The number of Topliss-reactive ketones (excluding diaryl/α,β-unsaturated/α-hetero) is 1. The molecule has 142 valence electrons. The smallest absolute Gasteiger partial charge is 0.194 e. The molecular weight excluding hydrogens is 364 g/mol. The van der Waals surface area contributed by atoms with Crippen molar-refractivity contribution in [1.82, 2.24) is 0 Å². The van der Waals surface area contributed by atoms with E-state index in [0.29, 0.717) is 5.57 Å². The van der Waals surface area contributed by atoms with E-state index in [1.165, 1.54) is 0 Å². The van der Waals surface area contributed by atoms with Crippen LogP contribution in [0.1, 0.15) is 22.3 Å². The second kappa shape index (κ2) is 7.81. The number of allylic oxidation sites excluding steroid dienone is 7. The van der Waals surface area contributed by atoms with Crippen LogP contribution in [-0.4, -0.2) is 5.78 Å². The van der Waals surface area contributed by atoms with Gasteiger partial charge in [0.25, 0.3) is 0 Å². The van der Waals surface area contributed by atoms with Gasteiger partial charge in [0.15, 0.2) is 5.78 Å². The minimum atomic E-state index is 0.0728. The zero-order valence-electron chi connectivity index (χ0n) is 16.5. The van der Waals surface area contributed by atoms with Gasteiger partial charge in [-0.05, 0) is 51.6 Å². The molecule has 0 atom stereocenters. The number of hydrogen-bond acceptors (Lipinski definition) is 1. The van der Waals surface area contributed by atoms with E-state index in [0.717, 1.165) is 39.0 Å². The SMILES string of the molecule is O=C1C2=Cc3ccccc3C2=CC(C=Cc2ccccc2)=C1C=Cc1ccccc1. The van der Waals surface area contributed by atoms with Gasteiger partial charge in [0.2, 0.25) is 0 Å². The summed E-state index contributed by atoms with van der Waals surface area (Å²) in [4.78, 5) is 13.5. The quantitative estimate of drug-likeness (QED) is 0.485. The first-order chi connectivity index (χ1) is 14.8. The molecule has 2 aliphatic rings. The Hall–Kier alpha value is -3.97. The van der Waals surface area contributed by atoms with Crippen LogP contribution in [0.2, 0.25) is 0 Å². The van der Waals surface area contributed by atoms with E-state index in [-0.39, 0.29) is 5.78 Å². The van der Waals surface area contributed by atoms with E-state index >= 15 is 0 Å². The van der Waals surface area contributed by atoms with Gasteiger partial charge in [-0.3, -0.25) is 4.79 Å². The van der Waals surface area contributed by atoms with E-state index < -0.39 is 0 Å². The molecule has 1 heteroatoms. The van der Waals surface area contributed by atoms with Gasteiger partial charge in [0.1, 0.15) is 0 Å². The Morgan fingerprint density at radius 3 is 1.83 bits per heavy atom. The number of carbonyl (C=O) groups is 1. The Morgan fingerprint density at radius 1 is 0.533 bits per heavy atom. The number of rotatable bonds is 4. The Morgan fingerprint density at radius 2 is 1.13 bits per heavy atom. The summed E-state index contributed by atoms with van der Waals surface area (Å²) >= 11 is 0. The second-order valence-electron chi connectivity index (χ2n) is 7.39. The predicted octanol–water partition coefficient (Wildman–Crippen LogP) is 6.77. The molecule has 0 heterocycles. The third kappa shape index (κ3) is 3.42. The molecule has 1 nitrogen and oxygen atoms in total. The van der Waals surface area contributed by atoms with Gasteiger partial charge in [-0.1, -0.05) is 103 Å². The maximum atomic E-state index is 13.5. The molecule has 0 bridgehead atoms. The van der Waals surface area contributed by atoms with Crippen molar-refractivity contribution in [2.75, 3.05) is 0 Å². The van der Waals surface area contributed by atoms with Gasteiger partial charge < -0.3 is 0 Å². The van der Waals surface area contributed by atoms with Crippen molar-refractivity contribution < 1.29 is 4.79 Å². The van der Waals surface area contributed by atoms with Crippen LogP contribution in [0.15, 0.2) is 120 Å². The van der Waals surface area contributed by atoms with Gasteiger partial charge in [-0.2, -0.15) is 0 Å². The number of ketones is 1. The van der Waals surface area contributed by atoms with Crippen LogP contribution < -0.4 is 0 Å². The topological polar surface area (TPSA) is 17.1 Å².